The van der Waals surface area contributed by atoms with Crippen molar-refractivity contribution in [3.05, 3.63) is 29.8 Å². The van der Waals surface area contributed by atoms with E-state index in [4.69, 9.17) is 14.2 Å². The average molecular weight is 351 g/mol. The fourth-order valence-corrected chi connectivity index (χ4v) is 1.94. The number of hydrogen-bond donors (Lipinski definition) is 1. The maximum atomic E-state index is 12.3. The third-order valence-electron chi connectivity index (χ3n) is 3.26. The van der Waals surface area contributed by atoms with E-state index in [-0.39, 0.29) is 11.9 Å². The normalized spacial score (nSPS) is 11.5. The molecule has 0 saturated heterocycles. The summed E-state index contributed by atoms with van der Waals surface area (Å²) in [6.45, 7) is 4.82. The van der Waals surface area contributed by atoms with Crippen LogP contribution in [0.5, 0.6) is 5.75 Å². The van der Waals surface area contributed by atoms with E-state index in [9.17, 15) is 4.79 Å². The molecule has 7 heteroatoms. The summed E-state index contributed by atoms with van der Waals surface area (Å²) < 4.78 is 15.9. The number of amides is 1. The van der Waals surface area contributed by atoms with Crippen LogP contribution in [0.1, 0.15) is 23.7 Å². The van der Waals surface area contributed by atoms with Crippen LogP contribution in [-0.4, -0.2) is 70.9 Å². The van der Waals surface area contributed by atoms with Crippen LogP contribution >= 0.6 is 0 Å². The Bertz CT molecular complexity index is 530. The second kappa shape index (κ2) is 12.3. The van der Waals surface area contributed by atoms with Gasteiger partial charge in [0.1, 0.15) is 12.4 Å². The van der Waals surface area contributed by atoms with E-state index < -0.39 is 0 Å². The first-order valence-corrected chi connectivity index (χ1v) is 8.42. The van der Waals surface area contributed by atoms with Crippen molar-refractivity contribution < 1.29 is 19.0 Å². The summed E-state index contributed by atoms with van der Waals surface area (Å²) in [6, 6.07) is 7.08. The van der Waals surface area contributed by atoms with Crippen molar-refractivity contribution in [1.29, 1.82) is 0 Å². The number of hydrogen-bond acceptors (Lipinski definition) is 6. The lowest BCUT2D eigenvalue weighted by atomic mass is 10.2. The maximum absolute atomic E-state index is 12.3. The quantitative estimate of drug-likeness (QED) is 0.395. The van der Waals surface area contributed by atoms with Gasteiger partial charge in [0.2, 0.25) is 0 Å². The highest BCUT2D eigenvalue weighted by Gasteiger charge is 2.10. The smallest absolute Gasteiger partial charge is 0.291 e. The molecule has 1 aromatic carbocycles. The maximum Gasteiger partial charge on any atom is 0.291 e. The second-order valence-corrected chi connectivity index (χ2v) is 5.57. The fraction of sp³-hybridized carbons (Fsp3) is 0.556. The predicted molar refractivity (Wildman–Crippen MR) is 98.4 cm³/mol. The number of ether oxygens (including phenoxy) is 3. The molecule has 0 spiro atoms. The molecule has 1 amide bonds. The van der Waals surface area contributed by atoms with Crippen LogP contribution in [0.15, 0.2) is 29.3 Å². The lowest BCUT2D eigenvalue weighted by Gasteiger charge is -2.12. The molecule has 0 unspecified atom stereocenters. The number of benzene rings is 1. The summed E-state index contributed by atoms with van der Waals surface area (Å²) in [7, 11) is 5.60. The average Bonchev–Trinajstić information content (AvgIpc) is 2.61. The molecule has 0 aliphatic rings. The van der Waals surface area contributed by atoms with Crippen molar-refractivity contribution in [2.45, 2.75) is 13.3 Å². The van der Waals surface area contributed by atoms with Crippen molar-refractivity contribution in [3.8, 4) is 5.75 Å². The summed E-state index contributed by atoms with van der Waals surface area (Å²) in [5.41, 5.74) is 0.509. The van der Waals surface area contributed by atoms with E-state index in [1.54, 1.807) is 31.4 Å². The van der Waals surface area contributed by atoms with Gasteiger partial charge in [-0.1, -0.05) is 0 Å². The van der Waals surface area contributed by atoms with Crippen LogP contribution in [-0.2, 0) is 9.47 Å². The van der Waals surface area contributed by atoms with Crippen LogP contribution < -0.4 is 10.1 Å². The molecule has 7 nitrogen and oxygen atoms in total. The first kappa shape index (κ1) is 20.9. The van der Waals surface area contributed by atoms with E-state index >= 15 is 0 Å². The molecule has 0 atom stereocenters. The molecular weight excluding hydrogens is 322 g/mol. The zero-order valence-electron chi connectivity index (χ0n) is 15.6. The van der Waals surface area contributed by atoms with Gasteiger partial charge < -0.3 is 19.1 Å². The van der Waals surface area contributed by atoms with E-state index in [0.29, 0.717) is 37.7 Å². The van der Waals surface area contributed by atoms with Crippen molar-refractivity contribution >= 4 is 11.9 Å². The molecular formula is C18H29N3O4. The van der Waals surface area contributed by atoms with E-state index in [2.05, 4.69) is 15.2 Å². The van der Waals surface area contributed by atoms with Gasteiger partial charge in [-0.05, 0) is 58.3 Å². The summed E-state index contributed by atoms with van der Waals surface area (Å²) in [6.07, 6.45) is 0.879. The van der Waals surface area contributed by atoms with Gasteiger partial charge in [-0.3, -0.25) is 10.1 Å². The molecule has 1 N–H and O–H groups in total. The zero-order chi connectivity index (χ0) is 18.5. The number of methoxy groups -OCH3 is 1. The van der Waals surface area contributed by atoms with Crippen LogP contribution in [0.25, 0.3) is 0 Å². The Morgan fingerprint density at radius 1 is 1.20 bits per heavy atom. The number of carbonyl (C=O) groups excluding carboxylic acids is 1. The molecule has 0 fully saturated rings. The Kier molecular flexibility index (Phi) is 10.3. The Morgan fingerprint density at radius 3 is 2.52 bits per heavy atom. The van der Waals surface area contributed by atoms with Gasteiger partial charge in [0.15, 0.2) is 0 Å². The minimum atomic E-state index is -0.273. The minimum Gasteiger partial charge on any atom is -0.497 e. The number of carbonyl (C=O) groups is 1. The van der Waals surface area contributed by atoms with Crippen LogP contribution in [0.3, 0.4) is 0 Å². The van der Waals surface area contributed by atoms with E-state index in [1.165, 1.54) is 0 Å². The summed E-state index contributed by atoms with van der Waals surface area (Å²) in [5, 5.41) is 2.71. The lowest BCUT2D eigenvalue weighted by Crippen LogP contribution is -2.33. The van der Waals surface area contributed by atoms with E-state index in [1.807, 2.05) is 21.0 Å². The van der Waals surface area contributed by atoms with Gasteiger partial charge in [0.25, 0.3) is 11.9 Å². The van der Waals surface area contributed by atoms with Gasteiger partial charge >= 0.3 is 0 Å². The highest BCUT2D eigenvalue weighted by atomic mass is 16.5. The number of nitrogens with one attached hydrogen (secondary N) is 1. The van der Waals surface area contributed by atoms with Crippen molar-refractivity contribution in [2.75, 3.05) is 54.1 Å². The molecule has 25 heavy (non-hydrogen) atoms. The molecule has 1 rings (SSSR count). The minimum absolute atomic E-state index is 0.222. The van der Waals surface area contributed by atoms with Crippen molar-refractivity contribution in [2.24, 2.45) is 4.99 Å². The predicted octanol–water partition coefficient (Wildman–Crippen LogP) is 1.79. The highest BCUT2D eigenvalue weighted by molar-refractivity contribution is 6.04. The number of rotatable bonds is 10. The molecule has 0 heterocycles. The summed E-state index contributed by atoms with van der Waals surface area (Å²) >= 11 is 0. The number of amidine groups is 1. The summed E-state index contributed by atoms with van der Waals surface area (Å²) in [5.74, 6) is 0.424. The Balaban J connectivity index is 2.62. The molecule has 0 bridgehead atoms. The first-order chi connectivity index (χ1) is 12.1. The third-order valence-corrected chi connectivity index (χ3v) is 3.26. The first-order valence-electron chi connectivity index (χ1n) is 8.42. The number of aliphatic imine (C=N–C) groups is 1. The standard InChI is InChI=1S/C18H29N3O4/c1-5-24-13-14-25-18(19-11-6-12-21(2)3)20-17(22)15-7-9-16(23-4)10-8-15/h7-10H,5-6,11-14H2,1-4H3,(H,19,20,22). The van der Waals surface area contributed by atoms with Crippen molar-refractivity contribution in [3.63, 3.8) is 0 Å². The Morgan fingerprint density at radius 2 is 1.92 bits per heavy atom. The Labute approximate surface area is 150 Å². The fourth-order valence-electron chi connectivity index (χ4n) is 1.94. The van der Waals surface area contributed by atoms with E-state index in [0.717, 1.165) is 13.0 Å². The molecule has 0 radical (unpaired) electrons. The molecule has 1 aromatic rings. The Hall–Kier alpha value is -2.12. The van der Waals surface area contributed by atoms with Crippen LogP contribution in [0.2, 0.25) is 0 Å². The van der Waals surface area contributed by atoms with Gasteiger partial charge in [-0.2, -0.15) is 0 Å². The van der Waals surface area contributed by atoms with Crippen LogP contribution in [0, 0.1) is 0 Å². The molecule has 0 aliphatic heterocycles. The molecule has 140 valence electrons. The monoisotopic (exact) mass is 351 g/mol. The zero-order valence-corrected chi connectivity index (χ0v) is 15.6. The third kappa shape index (κ3) is 9.07. The van der Waals surface area contributed by atoms with Gasteiger partial charge in [0, 0.05) is 18.7 Å². The largest absolute Gasteiger partial charge is 0.497 e. The number of nitrogens with zero attached hydrogens (tertiary/aromatic N) is 2. The van der Waals surface area contributed by atoms with Gasteiger partial charge in [-0.15, -0.1) is 0 Å². The van der Waals surface area contributed by atoms with Crippen molar-refractivity contribution in [1.82, 2.24) is 10.2 Å². The summed E-state index contributed by atoms with van der Waals surface area (Å²) in [4.78, 5) is 18.8. The van der Waals surface area contributed by atoms with Gasteiger partial charge in [-0.25, -0.2) is 4.99 Å². The highest BCUT2D eigenvalue weighted by Crippen LogP contribution is 2.11. The molecule has 0 aliphatic carbocycles. The lowest BCUT2D eigenvalue weighted by molar-refractivity contribution is 0.0922. The van der Waals surface area contributed by atoms with Crippen LogP contribution in [0.4, 0.5) is 0 Å². The van der Waals surface area contributed by atoms with Gasteiger partial charge in [0.05, 0.1) is 13.7 Å². The molecule has 0 saturated carbocycles. The topological polar surface area (TPSA) is 72.4 Å². The second-order valence-electron chi connectivity index (χ2n) is 5.57. The molecule has 0 aromatic heterocycles. The SMILES string of the molecule is CCOCCOC(=NCCCN(C)C)NC(=O)c1ccc(OC)cc1.